The molecule has 1 N–H and O–H groups in total. The number of amides is 1. The van der Waals surface area contributed by atoms with Gasteiger partial charge in [-0.05, 0) is 42.0 Å². The van der Waals surface area contributed by atoms with Crippen LogP contribution in [0.2, 0.25) is 0 Å². The Balaban J connectivity index is 2.09. The van der Waals surface area contributed by atoms with Gasteiger partial charge in [-0.15, -0.1) is 0 Å². The molecule has 0 atom stereocenters. The molecule has 25 heavy (non-hydrogen) atoms. The predicted molar refractivity (Wildman–Crippen MR) is 93.3 cm³/mol. The first kappa shape index (κ1) is 18.2. The number of benzene rings is 2. The topological polar surface area (TPSA) is 102 Å². The zero-order valence-corrected chi connectivity index (χ0v) is 14.4. The summed E-state index contributed by atoms with van der Waals surface area (Å²) >= 11 is 3.30. The highest BCUT2D eigenvalue weighted by Gasteiger charge is 2.09. The maximum absolute atomic E-state index is 12.2. The molecule has 0 aromatic heterocycles. The van der Waals surface area contributed by atoms with Crippen molar-refractivity contribution >= 4 is 39.6 Å². The van der Waals surface area contributed by atoms with Gasteiger partial charge in [-0.25, -0.2) is 0 Å². The van der Waals surface area contributed by atoms with Crippen LogP contribution in [0.3, 0.4) is 0 Å². The first-order valence-corrected chi connectivity index (χ1v) is 7.88. The van der Waals surface area contributed by atoms with Crippen molar-refractivity contribution < 1.29 is 19.4 Å². The molecule has 0 saturated heterocycles. The lowest BCUT2D eigenvalue weighted by Gasteiger charge is -2.07. The molecule has 0 aliphatic carbocycles. The number of halogens is 1. The molecule has 2 aromatic carbocycles. The summed E-state index contributed by atoms with van der Waals surface area (Å²) in [6.45, 7) is -0.548. The number of rotatable bonds is 6. The van der Waals surface area contributed by atoms with Crippen LogP contribution in [0.15, 0.2) is 58.6 Å². The maximum Gasteiger partial charge on any atom is 0.266 e. The lowest BCUT2D eigenvalue weighted by Crippen LogP contribution is -2.28. The van der Waals surface area contributed by atoms with Gasteiger partial charge in [-0.3, -0.25) is 4.79 Å². The number of hydrogen-bond acceptors (Lipinski definition) is 5. The lowest BCUT2D eigenvalue weighted by atomic mass is 10.1. The highest BCUT2D eigenvalue weighted by atomic mass is 79.9. The molecular formula is C18H12BrN2O4-. The van der Waals surface area contributed by atoms with Crippen molar-refractivity contribution in [2.24, 2.45) is 0 Å². The second-order valence-electron chi connectivity index (χ2n) is 4.86. The standard InChI is InChI=1S/C18H13BrN2O4/c19-14-2-1-3-15(9-14)21-18(24)13(10-20)8-12-4-6-16(7-5-12)25-11-17(22)23/h1-9H,11H2,(H,21,24)(H,22,23)/p-1/b13-8-. The molecule has 1 amide bonds. The van der Waals surface area contributed by atoms with E-state index in [1.54, 1.807) is 30.3 Å². The molecule has 2 rings (SSSR count). The summed E-state index contributed by atoms with van der Waals surface area (Å²) < 4.78 is 5.77. The van der Waals surface area contributed by atoms with Crippen molar-refractivity contribution in [1.29, 1.82) is 5.26 Å². The molecular weight excluding hydrogens is 388 g/mol. The minimum atomic E-state index is -1.32. The van der Waals surface area contributed by atoms with Gasteiger partial charge < -0.3 is 20.0 Å². The number of nitriles is 1. The normalized spacial score (nSPS) is 10.6. The van der Waals surface area contributed by atoms with E-state index in [2.05, 4.69) is 21.2 Å². The van der Waals surface area contributed by atoms with Gasteiger partial charge in [0.2, 0.25) is 0 Å². The lowest BCUT2D eigenvalue weighted by molar-refractivity contribution is -0.307. The zero-order chi connectivity index (χ0) is 18.2. The van der Waals surface area contributed by atoms with Gasteiger partial charge in [0.05, 0.1) is 5.97 Å². The molecule has 2 aromatic rings. The van der Waals surface area contributed by atoms with Gasteiger partial charge in [0, 0.05) is 10.2 Å². The third-order valence-corrected chi connectivity index (χ3v) is 3.49. The Hall–Kier alpha value is -3.11. The van der Waals surface area contributed by atoms with Crippen molar-refractivity contribution in [3.63, 3.8) is 0 Å². The summed E-state index contributed by atoms with van der Waals surface area (Å²) in [6, 6.07) is 15.2. The van der Waals surface area contributed by atoms with Crippen molar-refractivity contribution in [2.75, 3.05) is 11.9 Å². The summed E-state index contributed by atoms with van der Waals surface area (Å²) in [7, 11) is 0. The smallest absolute Gasteiger partial charge is 0.266 e. The number of carboxylic acids is 1. The minimum Gasteiger partial charge on any atom is -0.546 e. The van der Waals surface area contributed by atoms with Crippen LogP contribution in [0, 0.1) is 11.3 Å². The van der Waals surface area contributed by atoms with Crippen LogP contribution in [0.25, 0.3) is 6.08 Å². The molecule has 0 heterocycles. The largest absolute Gasteiger partial charge is 0.546 e. The van der Waals surface area contributed by atoms with E-state index >= 15 is 0 Å². The molecule has 0 aliphatic heterocycles. The molecule has 0 unspecified atom stereocenters. The summed E-state index contributed by atoms with van der Waals surface area (Å²) in [5.41, 5.74) is 1.09. The van der Waals surface area contributed by atoms with Gasteiger partial charge in [0.25, 0.3) is 5.91 Å². The van der Waals surface area contributed by atoms with Gasteiger partial charge in [-0.1, -0.05) is 34.1 Å². The molecule has 0 radical (unpaired) electrons. The second-order valence-corrected chi connectivity index (χ2v) is 5.78. The number of carbonyl (C=O) groups excluding carboxylic acids is 2. The third kappa shape index (κ3) is 5.79. The first-order valence-electron chi connectivity index (χ1n) is 7.09. The monoisotopic (exact) mass is 399 g/mol. The van der Waals surface area contributed by atoms with Crippen LogP contribution < -0.4 is 15.2 Å². The Morgan fingerprint density at radius 3 is 2.56 bits per heavy atom. The van der Waals surface area contributed by atoms with E-state index < -0.39 is 18.5 Å². The quantitative estimate of drug-likeness (QED) is 0.591. The maximum atomic E-state index is 12.2. The van der Waals surface area contributed by atoms with E-state index in [0.717, 1.165) is 4.47 Å². The average molecular weight is 400 g/mol. The molecule has 7 heteroatoms. The minimum absolute atomic E-state index is 0.0663. The number of hydrogen-bond donors (Lipinski definition) is 1. The highest BCUT2D eigenvalue weighted by Crippen LogP contribution is 2.18. The van der Waals surface area contributed by atoms with Gasteiger partial charge in [0.15, 0.2) is 0 Å². The first-order chi connectivity index (χ1) is 12.0. The predicted octanol–water partition coefficient (Wildman–Crippen LogP) is 2.12. The average Bonchev–Trinajstić information content (AvgIpc) is 2.58. The van der Waals surface area contributed by atoms with Crippen LogP contribution in [0.5, 0.6) is 5.75 Å². The summed E-state index contributed by atoms with van der Waals surface area (Å²) in [4.78, 5) is 22.5. The summed E-state index contributed by atoms with van der Waals surface area (Å²) in [6.07, 6.45) is 1.43. The van der Waals surface area contributed by atoms with Crippen LogP contribution in [0.1, 0.15) is 5.56 Å². The number of nitrogens with one attached hydrogen (secondary N) is 1. The van der Waals surface area contributed by atoms with E-state index in [1.807, 2.05) is 12.1 Å². The van der Waals surface area contributed by atoms with Crippen molar-refractivity contribution in [2.45, 2.75) is 0 Å². The third-order valence-electron chi connectivity index (χ3n) is 3.00. The van der Waals surface area contributed by atoms with Crippen LogP contribution in [-0.2, 0) is 9.59 Å². The van der Waals surface area contributed by atoms with E-state index in [0.29, 0.717) is 17.0 Å². The van der Waals surface area contributed by atoms with Gasteiger partial charge in [0.1, 0.15) is 24.0 Å². The van der Waals surface area contributed by atoms with E-state index in [1.165, 1.54) is 18.2 Å². The molecule has 0 spiro atoms. The van der Waals surface area contributed by atoms with E-state index in [4.69, 9.17) is 4.74 Å². The molecule has 0 aliphatic rings. The van der Waals surface area contributed by atoms with Crippen LogP contribution >= 0.6 is 15.9 Å². The number of carbonyl (C=O) groups is 2. The fourth-order valence-electron chi connectivity index (χ4n) is 1.88. The Bertz CT molecular complexity index is 854. The molecule has 126 valence electrons. The molecule has 0 fully saturated rings. The van der Waals surface area contributed by atoms with Crippen LogP contribution in [0.4, 0.5) is 5.69 Å². The number of nitrogens with zero attached hydrogens (tertiary/aromatic N) is 1. The van der Waals surface area contributed by atoms with E-state index in [-0.39, 0.29) is 5.57 Å². The van der Waals surface area contributed by atoms with Crippen LogP contribution in [-0.4, -0.2) is 18.5 Å². The fraction of sp³-hybridized carbons (Fsp3) is 0.0556. The molecule has 0 bridgehead atoms. The van der Waals surface area contributed by atoms with Crippen molar-refractivity contribution in [1.82, 2.24) is 0 Å². The zero-order valence-electron chi connectivity index (χ0n) is 12.9. The van der Waals surface area contributed by atoms with Crippen molar-refractivity contribution in [3.8, 4) is 11.8 Å². The highest BCUT2D eigenvalue weighted by molar-refractivity contribution is 9.10. The second kappa shape index (κ2) is 8.66. The summed E-state index contributed by atoms with van der Waals surface area (Å²) in [5.74, 6) is -1.50. The van der Waals surface area contributed by atoms with Crippen molar-refractivity contribution in [3.05, 3.63) is 64.1 Å². The Kier molecular flexibility index (Phi) is 6.32. The number of anilines is 1. The Morgan fingerprint density at radius 1 is 1.24 bits per heavy atom. The van der Waals surface area contributed by atoms with E-state index in [9.17, 15) is 20.0 Å². The number of ether oxygens (including phenoxy) is 1. The number of aliphatic carboxylic acids is 1. The Labute approximate surface area is 152 Å². The van der Waals surface area contributed by atoms with Gasteiger partial charge in [-0.2, -0.15) is 5.26 Å². The molecule has 6 nitrogen and oxygen atoms in total. The van der Waals surface area contributed by atoms with Gasteiger partial charge >= 0.3 is 0 Å². The molecule has 0 saturated carbocycles. The number of carboxylic acid groups (broad SMARTS) is 1. The Morgan fingerprint density at radius 2 is 1.96 bits per heavy atom. The summed E-state index contributed by atoms with van der Waals surface area (Å²) in [5, 5.41) is 22.2. The SMILES string of the molecule is N#C/C(=C/c1ccc(OCC(=O)[O-])cc1)C(=O)Nc1cccc(Br)c1. The fourth-order valence-corrected chi connectivity index (χ4v) is 2.28.